The predicted molar refractivity (Wildman–Crippen MR) is 85.1 cm³/mol. The Morgan fingerprint density at radius 2 is 1.90 bits per heavy atom. The molecule has 0 aromatic heterocycles. The van der Waals surface area contributed by atoms with E-state index in [0.717, 1.165) is 24.2 Å². The van der Waals surface area contributed by atoms with Crippen molar-refractivity contribution in [1.29, 1.82) is 5.26 Å². The molecule has 0 heterocycles. The summed E-state index contributed by atoms with van der Waals surface area (Å²) < 4.78 is 5.64. The summed E-state index contributed by atoms with van der Waals surface area (Å²) in [6.07, 6.45) is 0.909. The normalized spacial score (nSPS) is 10.1. The Labute approximate surface area is 126 Å². The van der Waals surface area contributed by atoms with Gasteiger partial charge >= 0.3 is 0 Å². The quantitative estimate of drug-likeness (QED) is 0.783. The SMILES string of the molecule is Cc1cccc(C#N)c1NCCCOCc1ccccc1. The molecule has 21 heavy (non-hydrogen) atoms. The molecule has 2 rings (SSSR count). The monoisotopic (exact) mass is 280 g/mol. The summed E-state index contributed by atoms with van der Waals surface area (Å²) in [6.45, 7) is 4.16. The second kappa shape index (κ2) is 8.08. The van der Waals surface area contributed by atoms with Gasteiger partial charge in [-0.15, -0.1) is 0 Å². The smallest absolute Gasteiger partial charge is 0.101 e. The molecule has 0 spiro atoms. The highest BCUT2D eigenvalue weighted by Gasteiger charge is 2.03. The number of nitriles is 1. The first-order valence-electron chi connectivity index (χ1n) is 7.16. The number of hydrogen-bond acceptors (Lipinski definition) is 3. The zero-order chi connectivity index (χ0) is 14.9. The summed E-state index contributed by atoms with van der Waals surface area (Å²) >= 11 is 0. The molecule has 0 aliphatic heterocycles. The first-order valence-corrected chi connectivity index (χ1v) is 7.16. The molecule has 0 saturated carbocycles. The lowest BCUT2D eigenvalue weighted by atomic mass is 10.1. The third-order valence-corrected chi connectivity index (χ3v) is 3.27. The topological polar surface area (TPSA) is 45.0 Å². The predicted octanol–water partition coefficient (Wildman–Crippen LogP) is 3.89. The lowest BCUT2D eigenvalue weighted by molar-refractivity contribution is 0.120. The highest BCUT2D eigenvalue weighted by Crippen LogP contribution is 2.19. The fourth-order valence-corrected chi connectivity index (χ4v) is 2.15. The number of para-hydroxylation sites is 1. The zero-order valence-corrected chi connectivity index (χ0v) is 12.3. The van der Waals surface area contributed by atoms with Gasteiger partial charge in [0.1, 0.15) is 6.07 Å². The first-order chi connectivity index (χ1) is 10.3. The van der Waals surface area contributed by atoms with Crippen molar-refractivity contribution in [3.8, 4) is 6.07 Å². The summed E-state index contributed by atoms with van der Waals surface area (Å²) in [5.41, 5.74) is 3.92. The third-order valence-electron chi connectivity index (χ3n) is 3.27. The Hall–Kier alpha value is -2.31. The van der Waals surface area contributed by atoms with Crippen LogP contribution >= 0.6 is 0 Å². The van der Waals surface area contributed by atoms with E-state index in [-0.39, 0.29) is 0 Å². The molecule has 3 heteroatoms. The van der Waals surface area contributed by atoms with Crippen LogP contribution in [0.4, 0.5) is 5.69 Å². The van der Waals surface area contributed by atoms with E-state index in [1.807, 2.05) is 43.3 Å². The Kier molecular flexibility index (Phi) is 5.81. The lowest BCUT2D eigenvalue weighted by Gasteiger charge is -2.11. The second-order valence-corrected chi connectivity index (χ2v) is 4.93. The van der Waals surface area contributed by atoms with Crippen LogP contribution in [0, 0.1) is 18.3 Å². The molecule has 0 bridgehead atoms. The van der Waals surface area contributed by atoms with Crippen molar-refractivity contribution in [2.75, 3.05) is 18.5 Å². The number of aryl methyl sites for hydroxylation is 1. The van der Waals surface area contributed by atoms with Gasteiger partial charge in [-0.1, -0.05) is 42.5 Å². The largest absolute Gasteiger partial charge is 0.384 e. The maximum atomic E-state index is 9.09. The molecule has 0 atom stereocenters. The molecule has 2 aromatic rings. The van der Waals surface area contributed by atoms with Gasteiger partial charge in [0.15, 0.2) is 0 Å². The van der Waals surface area contributed by atoms with E-state index in [9.17, 15) is 0 Å². The summed E-state index contributed by atoms with van der Waals surface area (Å²) in [5, 5.41) is 12.4. The fourth-order valence-electron chi connectivity index (χ4n) is 2.15. The summed E-state index contributed by atoms with van der Waals surface area (Å²) in [4.78, 5) is 0. The van der Waals surface area contributed by atoms with Gasteiger partial charge in [-0.25, -0.2) is 0 Å². The van der Waals surface area contributed by atoms with Crippen molar-refractivity contribution in [2.24, 2.45) is 0 Å². The molecule has 1 N–H and O–H groups in total. The molecular formula is C18H20N2O. The number of anilines is 1. The average Bonchev–Trinajstić information content (AvgIpc) is 2.52. The van der Waals surface area contributed by atoms with Crippen LogP contribution < -0.4 is 5.32 Å². The summed E-state index contributed by atoms with van der Waals surface area (Å²) in [7, 11) is 0. The number of rotatable bonds is 7. The van der Waals surface area contributed by atoms with Crippen LogP contribution in [0.3, 0.4) is 0 Å². The van der Waals surface area contributed by atoms with Gasteiger partial charge in [-0.05, 0) is 30.5 Å². The molecule has 0 fully saturated rings. The second-order valence-electron chi connectivity index (χ2n) is 4.93. The Morgan fingerprint density at radius 3 is 2.67 bits per heavy atom. The van der Waals surface area contributed by atoms with E-state index >= 15 is 0 Å². The zero-order valence-electron chi connectivity index (χ0n) is 12.3. The molecule has 0 aliphatic rings. The van der Waals surface area contributed by atoms with E-state index in [4.69, 9.17) is 10.00 Å². The molecule has 0 saturated heterocycles. The van der Waals surface area contributed by atoms with Crippen LogP contribution in [0.5, 0.6) is 0 Å². The van der Waals surface area contributed by atoms with Crippen LogP contribution in [-0.2, 0) is 11.3 Å². The number of ether oxygens (including phenoxy) is 1. The van der Waals surface area contributed by atoms with Crippen molar-refractivity contribution in [1.82, 2.24) is 0 Å². The Bertz CT molecular complexity index is 602. The average molecular weight is 280 g/mol. The highest BCUT2D eigenvalue weighted by atomic mass is 16.5. The van der Waals surface area contributed by atoms with Crippen LogP contribution in [-0.4, -0.2) is 13.2 Å². The van der Waals surface area contributed by atoms with Gasteiger partial charge < -0.3 is 10.1 Å². The molecule has 108 valence electrons. The molecule has 3 nitrogen and oxygen atoms in total. The van der Waals surface area contributed by atoms with Crippen molar-refractivity contribution in [2.45, 2.75) is 20.0 Å². The molecular weight excluding hydrogens is 260 g/mol. The van der Waals surface area contributed by atoms with Gasteiger partial charge in [-0.2, -0.15) is 5.26 Å². The van der Waals surface area contributed by atoms with Crippen LogP contribution in [0.2, 0.25) is 0 Å². The molecule has 0 amide bonds. The van der Waals surface area contributed by atoms with E-state index in [1.54, 1.807) is 0 Å². The number of nitrogens with one attached hydrogen (secondary N) is 1. The van der Waals surface area contributed by atoms with Gasteiger partial charge in [0.25, 0.3) is 0 Å². The summed E-state index contributed by atoms with van der Waals surface area (Å²) in [6, 6.07) is 18.1. The van der Waals surface area contributed by atoms with Crippen LogP contribution in [0.15, 0.2) is 48.5 Å². The maximum Gasteiger partial charge on any atom is 0.101 e. The van der Waals surface area contributed by atoms with Gasteiger partial charge in [-0.3, -0.25) is 0 Å². The molecule has 0 radical (unpaired) electrons. The number of benzene rings is 2. The number of nitrogens with zero attached hydrogens (tertiary/aromatic N) is 1. The minimum Gasteiger partial charge on any atom is -0.384 e. The van der Waals surface area contributed by atoms with E-state index < -0.39 is 0 Å². The lowest BCUT2D eigenvalue weighted by Crippen LogP contribution is -2.08. The van der Waals surface area contributed by atoms with E-state index in [1.165, 1.54) is 5.56 Å². The van der Waals surface area contributed by atoms with Gasteiger partial charge in [0.05, 0.1) is 17.9 Å². The van der Waals surface area contributed by atoms with Crippen LogP contribution in [0.1, 0.15) is 23.1 Å². The molecule has 0 aliphatic carbocycles. The maximum absolute atomic E-state index is 9.09. The highest BCUT2D eigenvalue weighted by molar-refractivity contribution is 5.62. The number of hydrogen-bond donors (Lipinski definition) is 1. The van der Waals surface area contributed by atoms with E-state index in [0.29, 0.717) is 18.8 Å². The molecule has 0 unspecified atom stereocenters. The Morgan fingerprint density at radius 1 is 1.10 bits per heavy atom. The molecule has 2 aromatic carbocycles. The standard InChI is InChI=1S/C18H20N2O/c1-15-7-5-10-17(13-19)18(15)20-11-6-12-21-14-16-8-3-2-4-9-16/h2-5,7-10,20H,6,11-12,14H2,1H3. The minimum atomic E-state index is 0.647. The van der Waals surface area contributed by atoms with Crippen LogP contribution in [0.25, 0.3) is 0 Å². The first kappa shape index (κ1) is 15.1. The van der Waals surface area contributed by atoms with Gasteiger partial charge in [0, 0.05) is 13.2 Å². The van der Waals surface area contributed by atoms with E-state index in [2.05, 4.69) is 23.5 Å². The van der Waals surface area contributed by atoms with Crippen molar-refractivity contribution in [3.05, 3.63) is 65.2 Å². The van der Waals surface area contributed by atoms with Crippen molar-refractivity contribution in [3.63, 3.8) is 0 Å². The minimum absolute atomic E-state index is 0.647. The van der Waals surface area contributed by atoms with Crippen molar-refractivity contribution >= 4 is 5.69 Å². The van der Waals surface area contributed by atoms with Gasteiger partial charge in [0.2, 0.25) is 0 Å². The Balaban J connectivity index is 1.70. The third kappa shape index (κ3) is 4.62. The fraction of sp³-hybridized carbons (Fsp3) is 0.278. The van der Waals surface area contributed by atoms with Crippen molar-refractivity contribution < 1.29 is 4.74 Å². The summed E-state index contributed by atoms with van der Waals surface area (Å²) in [5.74, 6) is 0.